The molecule has 0 radical (unpaired) electrons. The van der Waals surface area contributed by atoms with Crippen LogP contribution in [0.15, 0.2) is 10.6 Å². The number of Topliss-reactive ketones (excluding diaryl/α,β-unsaturated/α-hetero) is 1. The number of ketones is 1. The van der Waals surface area contributed by atoms with Gasteiger partial charge >= 0.3 is 0 Å². The molecule has 2 aliphatic carbocycles. The number of fused-ring (bicyclic) bond motifs is 2. The van der Waals surface area contributed by atoms with Crippen LogP contribution in [0.25, 0.3) is 11.5 Å². The van der Waals surface area contributed by atoms with Crippen LogP contribution in [-0.2, 0) is 16.6 Å². The van der Waals surface area contributed by atoms with Crippen molar-refractivity contribution >= 4 is 11.6 Å². The van der Waals surface area contributed by atoms with E-state index in [1.54, 1.807) is 0 Å². The Morgan fingerprint density at radius 1 is 1.11 bits per heavy atom. The summed E-state index contributed by atoms with van der Waals surface area (Å²) in [6, 6.07) is 2.85. The highest BCUT2D eigenvalue weighted by Crippen LogP contribution is 2.47. The monoisotopic (exact) mass is 522 g/mol. The van der Waals surface area contributed by atoms with E-state index in [4.69, 9.17) is 19.2 Å². The average Bonchev–Trinajstić information content (AvgIpc) is 3.66. The number of carbonyl (C=O) groups is 1. The summed E-state index contributed by atoms with van der Waals surface area (Å²) in [6.45, 7) is 5.10. The molecule has 4 aliphatic rings. The molecule has 0 bridgehead atoms. The van der Waals surface area contributed by atoms with Crippen LogP contribution in [0, 0.1) is 0 Å². The molecule has 3 fully saturated rings. The summed E-state index contributed by atoms with van der Waals surface area (Å²) in [4.78, 5) is 30.1. The Morgan fingerprint density at radius 2 is 1.95 bits per heavy atom. The van der Waals surface area contributed by atoms with Crippen molar-refractivity contribution in [1.82, 2.24) is 24.9 Å². The lowest BCUT2D eigenvalue weighted by atomic mass is 9.64. The van der Waals surface area contributed by atoms with Gasteiger partial charge in [-0.15, -0.1) is 0 Å². The Morgan fingerprint density at radius 3 is 2.68 bits per heavy atom. The number of nitrogens with zero attached hydrogens (tertiary/aromatic N) is 6. The van der Waals surface area contributed by atoms with Gasteiger partial charge in [-0.3, -0.25) is 9.69 Å². The summed E-state index contributed by atoms with van der Waals surface area (Å²) in [5, 5.41) is 4.53. The minimum Gasteiger partial charge on any atom is -0.473 e. The van der Waals surface area contributed by atoms with Gasteiger partial charge in [-0.1, -0.05) is 11.6 Å². The number of likely N-dealkylation sites (N-methyl/N-ethyl adjacent to an activating group) is 2. The van der Waals surface area contributed by atoms with E-state index in [1.807, 2.05) is 6.07 Å². The molecule has 4 atom stereocenters. The first-order chi connectivity index (χ1) is 18.4. The molecule has 9 heteroatoms. The highest BCUT2D eigenvalue weighted by molar-refractivity contribution is 5.91. The van der Waals surface area contributed by atoms with Gasteiger partial charge in [0.2, 0.25) is 5.88 Å². The lowest BCUT2D eigenvalue weighted by molar-refractivity contribution is -0.128. The van der Waals surface area contributed by atoms with E-state index in [-0.39, 0.29) is 6.10 Å². The second-order valence-corrected chi connectivity index (χ2v) is 12.2. The summed E-state index contributed by atoms with van der Waals surface area (Å²) in [6.07, 6.45) is 9.60. The third kappa shape index (κ3) is 4.51. The van der Waals surface area contributed by atoms with Crippen molar-refractivity contribution in [3.8, 4) is 17.4 Å². The van der Waals surface area contributed by atoms with Gasteiger partial charge in [0.25, 0.3) is 0 Å². The molecule has 0 aromatic carbocycles. The second kappa shape index (κ2) is 10.2. The number of hydrogen-bond acceptors (Lipinski definition) is 9. The molecule has 9 nitrogen and oxygen atoms in total. The maximum Gasteiger partial charge on any atom is 0.219 e. The summed E-state index contributed by atoms with van der Waals surface area (Å²) in [5.74, 6) is 3.09. The fraction of sp³-hybridized carbons (Fsp3) is 0.724. The zero-order chi connectivity index (χ0) is 26.4. The van der Waals surface area contributed by atoms with Crippen molar-refractivity contribution in [2.45, 2.75) is 94.7 Å². The van der Waals surface area contributed by atoms with Crippen molar-refractivity contribution in [2.24, 2.45) is 0 Å². The average molecular weight is 523 g/mol. The van der Waals surface area contributed by atoms with E-state index in [0.717, 1.165) is 88.1 Å². The first-order valence-electron chi connectivity index (χ1n) is 14.6. The molecule has 0 N–H and O–H groups in total. The maximum atomic E-state index is 13.2. The number of aromatic nitrogens is 3. The fourth-order valence-corrected chi connectivity index (χ4v) is 7.28. The highest BCUT2D eigenvalue weighted by atomic mass is 16.5. The molecule has 206 valence electrons. The van der Waals surface area contributed by atoms with Crippen LogP contribution in [0.4, 0.5) is 5.82 Å². The molecule has 0 unspecified atom stereocenters. The van der Waals surface area contributed by atoms with E-state index in [2.05, 4.69) is 47.9 Å². The molecule has 2 aromatic rings. The molecule has 6 rings (SSSR count). The molecule has 0 amide bonds. The van der Waals surface area contributed by atoms with Crippen molar-refractivity contribution < 1.29 is 14.1 Å². The number of anilines is 1. The number of likely N-dealkylation sites (tertiary alicyclic amines) is 1. The first-order valence-corrected chi connectivity index (χ1v) is 14.6. The van der Waals surface area contributed by atoms with Crippen LogP contribution in [0.1, 0.15) is 76.0 Å². The van der Waals surface area contributed by atoms with Crippen molar-refractivity contribution in [3.63, 3.8) is 0 Å². The van der Waals surface area contributed by atoms with E-state index in [9.17, 15) is 4.79 Å². The third-order valence-corrected chi connectivity index (χ3v) is 9.59. The molecule has 1 spiro atoms. The zero-order valence-corrected chi connectivity index (χ0v) is 23.4. The van der Waals surface area contributed by atoms with E-state index >= 15 is 0 Å². The van der Waals surface area contributed by atoms with E-state index in [1.165, 1.54) is 6.42 Å². The Kier molecular flexibility index (Phi) is 6.93. The van der Waals surface area contributed by atoms with Gasteiger partial charge in [0, 0.05) is 43.2 Å². The van der Waals surface area contributed by atoms with Gasteiger partial charge in [0.15, 0.2) is 17.3 Å². The largest absolute Gasteiger partial charge is 0.473 e. The van der Waals surface area contributed by atoms with Crippen molar-refractivity contribution in [3.05, 3.63) is 17.4 Å². The number of rotatable bonds is 6. The van der Waals surface area contributed by atoms with Crippen LogP contribution in [0.2, 0.25) is 0 Å². The van der Waals surface area contributed by atoms with Crippen LogP contribution in [0.5, 0.6) is 5.88 Å². The van der Waals surface area contributed by atoms with Crippen LogP contribution in [0.3, 0.4) is 0 Å². The SMILES string of the molecule is C[C@H](Oc1cc(N2CC[C@@H](N(C)C)C2)nc(-c2noc3c2CCC[C@@]32CCCCC2=O)n1)[C@@H]1CCCN1C. The van der Waals surface area contributed by atoms with Gasteiger partial charge in [-0.05, 0) is 86.0 Å². The van der Waals surface area contributed by atoms with Gasteiger partial charge < -0.3 is 19.1 Å². The fourth-order valence-electron chi connectivity index (χ4n) is 7.28. The summed E-state index contributed by atoms with van der Waals surface area (Å²) >= 11 is 0. The van der Waals surface area contributed by atoms with Crippen LogP contribution < -0.4 is 9.64 Å². The standard InChI is InChI=1S/C29H42N6O3/c1-19(22-10-8-15-34(22)4)37-25-17-24(35-16-12-20(18-35)33(2)3)30-28(31-25)26-21-9-7-14-29(27(21)38-32-26)13-6-5-11-23(29)36/h17,19-20,22H,5-16,18H2,1-4H3/t19-,20+,22-,29+/m0/s1. The third-order valence-electron chi connectivity index (χ3n) is 9.59. The molecule has 2 saturated heterocycles. The minimum atomic E-state index is -0.510. The summed E-state index contributed by atoms with van der Waals surface area (Å²) < 4.78 is 12.5. The molecular weight excluding hydrogens is 480 g/mol. The minimum absolute atomic E-state index is 0.0144. The summed E-state index contributed by atoms with van der Waals surface area (Å²) in [7, 11) is 6.44. The van der Waals surface area contributed by atoms with E-state index < -0.39 is 5.41 Å². The molecular formula is C29H42N6O3. The molecule has 4 heterocycles. The van der Waals surface area contributed by atoms with Crippen molar-refractivity contribution in [2.75, 3.05) is 45.7 Å². The molecule has 2 aromatic heterocycles. The van der Waals surface area contributed by atoms with Gasteiger partial charge in [0.1, 0.15) is 17.7 Å². The van der Waals surface area contributed by atoms with Gasteiger partial charge in [-0.25, -0.2) is 4.98 Å². The Labute approximate surface area is 225 Å². The molecule has 1 saturated carbocycles. The van der Waals surface area contributed by atoms with E-state index in [0.29, 0.717) is 41.7 Å². The molecule has 38 heavy (non-hydrogen) atoms. The van der Waals surface area contributed by atoms with Crippen LogP contribution in [-0.4, -0.2) is 89.7 Å². The van der Waals surface area contributed by atoms with Crippen LogP contribution >= 0.6 is 0 Å². The molecule has 2 aliphatic heterocycles. The Bertz CT molecular complexity index is 1180. The second-order valence-electron chi connectivity index (χ2n) is 12.2. The first kappa shape index (κ1) is 25.7. The smallest absolute Gasteiger partial charge is 0.219 e. The lowest BCUT2D eigenvalue weighted by Crippen LogP contribution is -2.41. The lowest BCUT2D eigenvalue weighted by Gasteiger charge is -2.36. The number of carbonyl (C=O) groups excluding carboxylic acids is 1. The highest BCUT2D eigenvalue weighted by Gasteiger charge is 2.48. The van der Waals surface area contributed by atoms with Gasteiger partial charge in [-0.2, -0.15) is 4.98 Å². The zero-order valence-electron chi connectivity index (χ0n) is 23.4. The number of ether oxygens (including phenoxy) is 1. The maximum absolute atomic E-state index is 13.2. The van der Waals surface area contributed by atoms with Gasteiger partial charge in [0.05, 0.1) is 5.41 Å². The normalized spacial score (nSPS) is 28.9. The Hall–Kier alpha value is -2.52. The predicted octanol–water partition coefficient (Wildman–Crippen LogP) is 3.85. The number of hydrogen-bond donors (Lipinski definition) is 0. The quantitative estimate of drug-likeness (QED) is 0.561. The summed E-state index contributed by atoms with van der Waals surface area (Å²) in [5.41, 5.74) is 1.19. The Balaban J connectivity index is 1.37. The topological polar surface area (TPSA) is 87.8 Å². The van der Waals surface area contributed by atoms with Crippen molar-refractivity contribution in [1.29, 1.82) is 0 Å². The predicted molar refractivity (Wildman–Crippen MR) is 146 cm³/mol.